The molecule has 0 spiro atoms. The first-order valence-corrected chi connectivity index (χ1v) is 7.06. The molecule has 3 rings (SSSR count). The molecule has 1 N–H and O–H groups in total. The smallest absolute Gasteiger partial charge is 0.134 e. The van der Waals surface area contributed by atoms with E-state index in [1.54, 1.807) is 0 Å². The highest BCUT2D eigenvalue weighted by molar-refractivity contribution is 5.82. The van der Waals surface area contributed by atoms with E-state index < -0.39 is 0 Å². The van der Waals surface area contributed by atoms with Gasteiger partial charge in [-0.05, 0) is 32.8 Å². The van der Waals surface area contributed by atoms with Crippen molar-refractivity contribution in [2.24, 2.45) is 0 Å². The van der Waals surface area contributed by atoms with E-state index in [2.05, 4.69) is 24.4 Å². The highest BCUT2D eigenvalue weighted by atomic mass is 16.5. The van der Waals surface area contributed by atoms with Crippen molar-refractivity contribution in [2.75, 3.05) is 6.61 Å². The van der Waals surface area contributed by atoms with Crippen LogP contribution in [0.5, 0.6) is 0 Å². The molecule has 3 nitrogen and oxygen atoms in total. The van der Waals surface area contributed by atoms with Gasteiger partial charge in [-0.25, -0.2) is 0 Å². The third-order valence-electron chi connectivity index (χ3n) is 3.95. The Morgan fingerprint density at radius 3 is 3.00 bits per heavy atom. The van der Waals surface area contributed by atoms with Gasteiger partial charge in [0, 0.05) is 30.1 Å². The first kappa shape index (κ1) is 12.7. The van der Waals surface area contributed by atoms with Crippen molar-refractivity contribution < 1.29 is 9.15 Å². The van der Waals surface area contributed by atoms with Gasteiger partial charge in [-0.1, -0.05) is 18.2 Å². The number of para-hydroxylation sites is 1. The standard InChI is InChI=1S/C16H21NO2/c1-11-9-13(7-8-18-11)17-10-15-12(2)19-16-6-4-3-5-14(15)16/h3-6,11,13,17H,7-10H2,1-2H3. The molecule has 102 valence electrons. The highest BCUT2D eigenvalue weighted by Crippen LogP contribution is 2.25. The molecule has 2 unspecified atom stereocenters. The molecule has 1 fully saturated rings. The molecule has 2 aromatic rings. The normalized spacial score (nSPS) is 23.9. The second kappa shape index (κ2) is 5.35. The fourth-order valence-corrected chi connectivity index (χ4v) is 2.87. The first-order valence-electron chi connectivity index (χ1n) is 7.06. The molecule has 0 aliphatic carbocycles. The SMILES string of the molecule is Cc1oc2ccccc2c1CNC1CCOC(C)C1. The minimum Gasteiger partial charge on any atom is -0.461 e. The summed E-state index contributed by atoms with van der Waals surface area (Å²) in [4.78, 5) is 0. The lowest BCUT2D eigenvalue weighted by atomic mass is 10.0. The molecule has 0 saturated carbocycles. The van der Waals surface area contributed by atoms with Crippen molar-refractivity contribution in [3.63, 3.8) is 0 Å². The van der Waals surface area contributed by atoms with Crippen LogP contribution in [0.15, 0.2) is 28.7 Å². The summed E-state index contributed by atoms with van der Waals surface area (Å²) in [7, 11) is 0. The molecule has 1 aromatic heterocycles. The maximum absolute atomic E-state index is 5.80. The predicted molar refractivity (Wildman–Crippen MR) is 76.2 cm³/mol. The van der Waals surface area contributed by atoms with E-state index in [-0.39, 0.29) is 0 Å². The number of fused-ring (bicyclic) bond motifs is 1. The maximum Gasteiger partial charge on any atom is 0.134 e. The predicted octanol–water partition coefficient (Wildman–Crippen LogP) is 3.40. The van der Waals surface area contributed by atoms with Crippen LogP contribution in [0.1, 0.15) is 31.1 Å². The molecule has 2 atom stereocenters. The number of furan rings is 1. The van der Waals surface area contributed by atoms with Crippen molar-refractivity contribution in [2.45, 2.75) is 45.4 Å². The van der Waals surface area contributed by atoms with E-state index in [4.69, 9.17) is 9.15 Å². The molecule has 3 heteroatoms. The Kier molecular flexibility index (Phi) is 3.58. The number of rotatable bonds is 3. The zero-order valence-corrected chi connectivity index (χ0v) is 11.6. The molecular formula is C16H21NO2. The fraction of sp³-hybridized carbons (Fsp3) is 0.500. The average Bonchev–Trinajstić information content (AvgIpc) is 2.72. The Balaban J connectivity index is 1.73. The van der Waals surface area contributed by atoms with Crippen molar-refractivity contribution in [1.82, 2.24) is 5.32 Å². The molecule has 0 bridgehead atoms. The number of benzene rings is 1. The van der Waals surface area contributed by atoms with E-state index in [1.165, 1.54) is 10.9 Å². The van der Waals surface area contributed by atoms with Crippen LogP contribution in [-0.2, 0) is 11.3 Å². The Morgan fingerprint density at radius 1 is 1.32 bits per heavy atom. The lowest BCUT2D eigenvalue weighted by Crippen LogP contribution is -2.37. The van der Waals surface area contributed by atoms with Crippen LogP contribution >= 0.6 is 0 Å². The number of aryl methyl sites for hydroxylation is 1. The van der Waals surface area contributed by atoms with E-state index in [1.807, 2.05) is 19.1 Å². The lowest BCUT2D eigenvalue weighted by molar-refractivity contribution is 0.0130. The molecule has 19 heavy (non-hydrogen) atoms. The summed E-state index contributed by atoms with van der Waals surface area (Å²) in [6.45, 7) is 5.93. The van der Waals surface area contributed by atoms with E-state index in [9.17, 15) is 0 Å². The van der Waals surface area contributed by atoms with Crippen LogP contribution < -0.4 is 5.32 Å². The number of hydrogen-bond donors (Lipinski definition) is 1. The van der Waals surface area contributed by atoms with Crippen LogP contribution in [-0.4, -0.2) is 18.8 Å². The highest BCUT2D eigenvalue weighted by Gasteiger charge is 2.19. The van der Waals surface area contributed by atoms with Crippen LogP contribution in [0.25, 0.3) is 11.0 Å². The molecule has 1 aliphatic heterocycles. The van der Waals surface area contributed by atoms with Crippen LogP contribution in [0, 0.1) is 6.92 Å². The third-order valence-corrected chi connectivity index (χ3v) is 3.95. The number of ether oxygens (including phenoxy) is 1. The number of nitrogens with one attached hydrogen (secondary N) is 1. The summed E-state index contributed by atoms with van der Waals surface area (Å²) in [5.41, 5.74) is 2.27. The summed E-state index contributed by atoms with van der Waals surface area (Å²) in [5, 5.41) is 4.88. The van der Waals surface area contributed by atoms with Crippen molar-refractivity contribution in [3.8, 4) is 0 Å². The van der Waals surface area contributed by atoms with Crippen molar-refractivity contribution in [3.05, 3.63) is 35.6 Å². The number of hydrogen-bond acceptors (Lipinski definition) is 3. The summed E-state index contributed by atoms with van der Waals surface area (Å²) in [6, 6.07) is 8.80. The average molecular weight is 259 g/mol. The molecule has 0 amide bonds. The largest absolute Gasteiger partial charge is 0.461 e. The molecule has 1 saturated heterocycles. The van der Waals surface area contributed by atoms with Gasteiger partial charge < -0.3 is 14.5 Å². The second-order valence-electron chi connectivity index (χ2n) is 5.42. The zero-order valence-electron chi connectivity index (χ0n) is 11.6. The van der Waals surface area contributed by atoms with E-state index >= 15 is 0 Å². The molecule has 0 radical (unpaired) electrons. The summed E-state index contributed by atoms with van der Waals surface area (Å²) in [5.74, 6) is 1.02. The van der Waals surface area contributed by atoms with Gasteiger partial charge in [-0.2, -0.15) is 0 Å². The van der Waals surface area contributed by atoms with Gasteiger partial charge in [0.25, 0.3) is 0 Å². The van der Waals surface area contributed by atoms with Crippen molar-refractivity contribution in [1.29, 1.82) is 0 Å². The second-order valence-corrected chi connectivity index (χ2v) is 5.42. The Hall–Kier alpha value is -1.32. The van der Waals surface area contributed by atoms with Crippen LogP contribution in [0.3, 0.4) is 0 Å². The lowest BCUT2D eigenvalue weighted by Gasteiger charge is -2.28. The van der Waals surface area contributed by atoms with Crippen molar-refractivity contribution >= 4 is 11.0 Å². The Labute approximate surface area is 113 Å². The van der Waals surface area contributed by atoms with Gasteiger partial charge in [0.15, 0.2) is 0 Å². The molecular weight excluding hydrogens is 238 g/mol. The Morgan fingerprint density at radius 2 is 2.16 bits per heavy atom. The maximum atomic E-state index is 5.80. The summed E-state index contributed by atoms with van der Waals surface area (Å²) >= 11 is 0. The van der Waals surface area contributed by atoms with Gasteiger partial charge in [0.2, 0.25) is 0 Å². The summed E-state index contributed by atoms with van der Waals surface area (Å²) < 4.78 is 11.4. The quantitative estimate of drug-likeness (QED) is 0.917. The summed E-state index contributed by atoms with van der Waals surface area (Å²) in [6.07, 6.45) is 2.56. The minimum absolute atomic E-state index is 0.369. The molecule has 1 aliphatic rings. The topological polar surface area (TPSA) is 34.4 Å². The fourth-order valence-electron chi connectivity index (χ4n) is 2.87. The monoisotopic (exact) mass is 259 g/mol. The van der Waals surface area contributed by atoms with Gasteiger partial charge >= 0.3 is 0 Å². The zero-order chi connectivity index (χ0) is 13.2. The van der Waals surface area contributed by atoms with E-state index in [0.717, 1.165) is 37.3 Å². The minimum atomic E-state index is 0.369. The Bertz CT molecular complexity index is 561. The first-order chi connectivity index (χ1) is 9.24. The van der Waals surface area contributed by atoms with Gasteiger partial charge in [0.1, 0.15) is 11.3 Å². The molecule has 1 aromatic carbocycles. The van der Waals surface area contributed by atoms with Gasteiger partial charge in [-0.15, -0.1) is 0 Å². The van der Waals surface area contributed by atoms with E-state index in [0.29, 0.717) is 12.1 Å². The molecule has 2 heterocycles. The van der Waals surface area contributed by atoms with Crippen LogP contribution in [0.4, 0.5) is 0 Å². The van der Waals surface area contributed by atoms with Crippen LogP contribution in [0.2, 0.25) is 0 Å². The van der Waals surface area contributed by atoms with Gasteiger partial charge in [0.05, 0.1) is 6.10 Å². The van der Waals surface area contributed by atoms with Gasteiger partial charge in [-0.3, -0.25) is 0 Å². The third kappa shape index (κ3) is 2.67.